The van der Waals surface area contributed by atoms with E-state index >= 15 is 0 Å². The van der Waals surface area contributed by atoms with Crippen LogP contribution in [0, 0.1) is 3.95 Å². The molecule has 0 fully saturated rings. The Morgan fingerprint density at radius 3 is 2.85 bits per heavy atom. The van der Waals surface area contributed by atoms with Gasteiger partial charge in [0.2, 0.25) is 11.8 Å². The lowest BCUT2D eigenvalue weighted by Crippen LogP contribution is -1.92. The zero-order valence-corrected chi connectivity index (χ0v) is 11.7. The lowest BCUT2D eigenvalue weighted by atomic mass is 10.3. The van der Waals surface area contributed by atoms with Crippen molar-refractivity contribution >= 4 is 35.7 Å². The average Bonchev–Trinajstić information content (AvgIpc) is 3.06. The standard InChI is InChI=1S/C12H9N5OS2/c18-10-9(6-13-11-14-7-15-16-11)20-12(19)17(10)8-4-2-1-3-5-8/h1-7,18H,(H,14,15,16)/b13-6+. The smallest absolute Gasteiger partial charge is 0.245 e. The van der Waals surface area contributed by atoms with E-state index in [1.54, 1.807) is 4.57 Å². The van der Waals surface area contributed by atoms with Crippen LogP contribution in [0.1, 0.15) is 4.88 Å². The minimum Gasteiger partial charge on any atom is -0.493 e. The Morgan fingerprint density at radius 2 is 2.15 bits per heavy atom. The molecule has 0 aliphatic rings. The maximum Gasteiger partial charge on any atom is 0.245 e. The van der Waals surface area contributed by atoms with Gasteiger partial charge >= 0.3 is 0 Å². The third kappa shape index (κ3) is 2.38. The SMILES string of the molecule is Oc1c(/C=N/c2ncn[nH]2)sc(=S)n1-c1ccccc1. The van der Waals surface area contributed by atoms with Gasteiger partial charge in [-0.3, -0.25) is 4.57 Å². The number of aromatic hydroxyl groups is 1. The van der Waals surface area contributed by atoms with Gasteiger partial charge in [-0.05, 0) is 24.4 Å². The molecule has 100 valence electrons. The second-order valence-electron chi connectivity index (χ2n) is 3.79. The van der Waals surface area contributed by atoms with Crippen LogP contribution in [0.25, 0.3) is 5.69 Å². The molecule has 0 saturated heterocycles. The summed E-state index contributed by atoms with van der Waals surface area (Å²) in [5, 5.41) is 16.6. The lowest BCUT2D eigenvalue weighted by Gasteiger charge is -2.03. The van der Waals surface area contributed by atoms with Crippen LogP contribution < -0.4 is 0 Å². The quantitative estimate of drug-likeness (QED) is 0.576. The Balaban J connectivity index is 2.01. The monoisotopic (exact) mass is 303 g/mol. The number of aliphatic imine (C=N–C) groups is 1. The second kappa shape index (κ2) is 5.35. The zero-order chi connectivity index (χ0) is 13.9. The van der Waals surface area contributed by atoms with Crippen molar-refractivity contribution in [3.63, 3.8) is 0 Å². The number of rotatable bonds is 3. The predicted octanol–water partition coefficient (Wildman–Crippen LogP) is 2.84. The van der Waals surface area contributed by atoms with E-state index in [4.69, 9.17) is 12.2 Å². The molecule has 20 heavy (non-hydrogen) atoms. The minimum absolute atomic E-state index is 0.0643. The summed E-state index contributed by atoms with van der Waals surface area (Å²) in [6, 6.07) is 9.43. The summed E-state index contributed by atoms with van der Waals surface area (Å²) in [7, 11) is 0. The Labute approximate surface area is 123 Å². The molecule has 1 aromatic carbocycles. The van der Waals surface area contributed by atoms with Crippen molar-refractivity contribution < 1.29 is 5.11 Å². The number of aromatic amines is 1. The van der Waals surface area contributed by atoms with Gasteiger partial charge in [0.15, 0.2) is 3.95 Å². The maximum atomic E-state index is 10.3. The third-order valence-electron chi connectivity index (χ3n) is 2.53. The van der Waals surface area contributed by atoms with Crippen molar-refractivity contribution in [2.75, 3.05) is 0 Å². The second-order valence-corrected chi connectivity index (χ2v) is 5.47. The number of hydrogen-bond acceptors (Lipinski definition) is 6. The number of benzene rings is 1. The van der Waals surface area contributed by atoms with Crippen molar-refractivity contribution in [3.8, 4) is 11.6 Å². The van der Waals surface area contributed by atoms with Crippen LogP contribution in [0.4, 0.5) is 5.95 Å². The summed E-state index contributed by atoms with van der Waals surface area (Å²) in [5.74, 6) is 0.435. The molecule has 2 aromatic heterocycles. The molecule has 0 radical (unpaired) electrons. The first-order chi connectivity index (χ1) is 9.75. The van der Waals surface area contributed by atoms with E-state index in [2.05, 4.69) is 20.2 Å². The van der Waals surface area contributed by atoms with Gasteiger partial charge in [-0.1, -0.05) is 29.5 Å². The van der Waals surface area contributed by atoms with Crippen LogP contribution in [0.5, 0.6) is 5.88 Å². The van der Waals surface area contributed by atoms with Crippen LogP contribution in [0.3, 0.4) is 0 Å². The number of aromatic nitrogens is 4. The molecule has 3 aromatic rings. The molecule has 2 heterocycles. The van der Waals surface area contributed by atoms with Gasteiger partial charge in [0.25, 0.3) is 0 Å². The topological polar surface area (TPSA) is 79.1 Å². The van der Waals surface area contributed by atoms with Gasteiger partial charge in [-0.15, -0.1) is 0 Å². The Hall–Kier alpha value is -2.32. The van der Waals surface area contributed by atoms with Crippen LogP contribution in [0.2, 0.25) is 0 Å². The fourth-order valence-electron chi connectivity index (χ4n) is 1.65. The first kappa shape index (κ1) is 12.7. The first-order valence-corrected chi connectivity index (χ1v) is 6.88. The molecule has 8 heteroatoms. The van der Waals surface area contributed by atoms with E-state index in [1.165, 1.54) is 23.9 Å². The zero-order valence-electron chi connectivity index (χ0n) is 10.1. The van der Waals surface area contributed by atoms with Gasteiger partial charge in [-0.25, -0.2) is 10.1 Å². The summed E-state index contributed by atoms with van der Waals surface area (Å²) in [6.45, 7) is 0. The molecule has 3 rings (SSSR count). The van der Waals surface area contributed by atoms with Gasteiger partial charge in [0.05, 0.1) is 11.9 Å². The van der Waals surface area contributed by atoms with Crippen molar-refractivity contribution in [1.82, 2.24) is 19.7 Å². The van der Waals surface area contributed by atoms with Crippen LogP contribution in [0.15, 0.2) is 41.7 Å². The van der Waals surface area contributed by atoms with E-state index in [1.807, 2.05) is 30.3 Å². The summed E-state index contributed by atoms with van der Waals surface area (Å²) in [5.41, 5.74) is 0.811. The number of thiazole rings is 1. The normalized spacial score (nSPS) is 11.2. The largest absolute Gasteiger partial charge is 0.493 e. The maximum absolute atomic E-state index is 10.3. The molecule has 0 amide bonds. The predicted molar refractivity (Wildman–Crippen MR) is 79.8 cm³/mol. The number of nitrogens with zero attached hydrogens (tertiary/aromatic N) is 4. The van der Waals surface area contributed by atoms with Crippen molar-refractivity contribution in [2.45, 2.75) is 0 Å². The van der Waals surface area contributed by atoms with Crippen LogP contribution in [-0.2, 0) is 0 Å². The van der Waals surface area contributed by atoms with E-state index < -0.39 is 0 Å². The lowest BCUT2D eigenvalue weighted by molar-refractivity contribution is 0.441. The van der Waals surface area contributed by atoms with Gasteiger partial charge in [0.1, 0.15) is 11.2 Å². The molecule has 0 aliphatic carbocycles. The number of H-pyrrole nitrogens is 1. The van der Waals surface area contributed by atoms with Gasteiger partial charge in [-0.2, -0.15) is 10.1 Å². The summed E-state index contributed by atoms with van der Waals surface area (Å²) < 4.78 is 2.15. The number of hydrogen-bond donors (Lipinski definition) is 2. The summed E-state index contributed by atoms with van der Waals surface area (Å²) >= 11 is 6.55. The molecule has 0 bridgehead atoms. The number of nitrogens with one attached hydrogen (secondary N) is 1. The van der Waals surface area contributed by atoms with E-state index in [0.717, 1.165) is 5.69 Å². The molecule has 0 spiro atoms. The van der Waals surface area contributed by atoms with Crippen LogP contribution >= 0.6 is 23.6 Å². The Morgan fingerprint density at radius 1 is 1.35 bits per heavy atom. The highest BCUT2D eigenvalue weighted by Crippen LogP contribution is 2.28. The fraction of sp³-hybridized carbons (Fsp3) is 0. The number of para-hydroxylation sites is 1. The van der Waals surface area contributed by atoms with E-state index in [-0.39, 0.29) is 5.88 Å². The van der Waals surface area contributed by atoms with E-state index in [9.17, 15) is 5.11 Å². The van der Waals surface area contributed by atoms with Gasteiger partial charge < -0.3 is 5.11 Å². The molecule has 0 unspecified atom stereocenters. The van der Waals surface area contributed by atoms with Gasteiger partial charge in [0, 0.05) is 0 Å². The first-order valence-electron chi connectivity index (χ1n) is 5.65. The minimum atomic E-state index is 0.0643. The highest BCUT2D eigenvalue weighted by atomic mass is 32.1. The highest BCUT2D eigenvalue weighted by Gasteiger charge is 2.11. The Bertz CT molecular complexity index is 789. The molecular formula is C12H9N5OS2. The van der Waals surface area contributed by atoms with Crippen molar-refractivity contribution in [1.29, 1.82) is 0 Å². The Kier molecular flexibility index (Phi) is 3.40. The van der Waals surface area contributed by atoms with Crippen molar-refractivity contribution in [3.05, 3.63) is 45.5 Å². The summed E-state index contributed by atoms with van der Waals surface area (Å²) in [6.07, 6.45) is 2.87. The third-order valence-corrected chi connectivity index (χ3v) is 3.83. The van der Waals surface area contributed by atoms with Crippen LogP contribution in [-0.4, -0.2) is 31.1 Å². The average molecular weight is 303 g/mol. The fourth-order valence-corrected chi connectivity index (χ4v) is 2.87. The molecule has 0 saturated carbocycles. The van der Waals surface area contributed by atoms with Crippen molar-refractivity contribution in [2.24, 2.45) is 4.99 Å². The molecule has 2 N–H and O–H groups in total. The summed E-state index contributed by atoms with van der Waals surface area (Å²) in [4.78, 5) is 8.52. The van der Waals surface area contributed by atoms with E-state index in [0.29, 0.717) is 14.8 Å². The molecule has 0 aliphatic heterocycles. The highest BCUT2D eigenvalue weighted by molar-refractivity contribution is 7.73. The molecule has 0 atom stereocenters. The molecule has 6 nitrogen and oxygen atoms in total. The molecular weight excluding hydrogens is 294 g/mol.